The van der Waals surface area contributed by atoms with Crippen molar-refractivity contribution in [1.82, 2.24) is 9.38 Å². The van der Waals surface area contributed by atoms with Crippen molar-refractivity contribution in [1.29, 1.82) is 0 Å². The molecule has 2 aromatic heterocycles. The summed E-state index contributed by atoms with van der Waals surface area (Å²) in [6.07, 6.45) is 5.11. The number of fused-ring (bicyclic) bond motifs is 1. The minimum Gasteiger partial charge on any atom is -0.322 e. The number of amides is 1. The second-order valence-electron chi connectivity index (χ2n) is 4.99. The number of hydrogen-bond donors (Lipinski definition) is 1. The van der Waals surface area contributed by atoms with E-state index in [1.807, 2.05) is 0 Å². The molecule has 2 heterocycles. The molecule has 118 valence electrons. The lowest BCUT2D eigenvalue weighted by Crippen LogP contribution is -2.12. The standard InChI is InChI=1S/C16H15N3O3S/c1-2-23(21,22)14-6-4-13(5-7-14)18-16(20)12-3-8-15-17-9-10-19(15)11-12/h3-11H,2H2,1H3,(H,18,20). The van der Waals surface area contributed by atoms with Crippen LogP contribution in [0.5, 0.6) is 0 Å². The van der Waals surface area contributed by atoms with Gasteiger partial charge < -0.3 is 9.72 Å². The molecule has 23 heavy (non-hydrogen) atoms. The predicted molar refractivity (Wildman–Crippen MR) is 87.3 cm³/mol. The monoisotopic (exact) mass is 329 g/mol. The highest BCUT2D eigenvalue weighted by Crippen LogP contribution is 2.16. The number of anilines is 1. The summed E-state index contributed by atoms with van der Waals surface area (Å²) >= 11 is 0. The zero-order valence-electron chi connectivity index (χ0n) is 12.4. The molecule has 0 radical (unpaired) electrons. The van der Waals surface area contributed by atoms with Crippen molar-refractivity contribution in [2.75, 3.05) is 11.1 Å². The van der Waals surface area contributed by atoms with Gasteiger partial charge in [0, 0.05) is 24.3 Å². The number of sulfone groups is 1. The Labute approximate surface area is 133 Å². The lowest BCUT2D eigenvalue weighted by molar-refractivity contribution is 0.102. The lowest BCUT2D eigenvalue weighted by atomic mass is 10.2. The zero-order valence-corrected chi connectivity index (χ0v) is 13.2. The fraction of sp³-hybridized carbons (Fsp3) is 0.125. The van der Waals surface area contributed by atoms with Gasteiger partial charge in [-0.1, -0.05) is 6.92 Å². The van der Waals surface area contributed by atoms with E-state index in [1.165, 1.54) is 12.1 Å². The Morgan fingerprint density at radius 2 is 1.91 bits per heavy atom. The molecule has 0 bridgehead atoms. The Hall–Kier alpha value is -2.67. The van der Waals surface area contributed by atoms with Crippen LogP contribution in [0.15, 0.2) is 59.9 Å². The number of pyridine rings is 1. The molecule has 3 aromatic rings. The molecule has 0 unspecified atom stereocenters. The Morgan fingerprint density at radius 1 is 1.17 bits per heavy atom. The number of nitrogens with zero attached hydrogens (tertiary/aromatic N) is 2. The third-order valence-electron chi connectivity index (χ3n) is 3.50. The molecule has 0 saturated heterocycles. The van der Waals surface area contributed by atoms with Crippen molar-refractivity contribution in [3.8, 4) is 0 Å². The number of rotatable bonds is 4. The Kier molecular flexibility index (Phi) is 3.87. The van der Waals surface area contributed by atoms with Crippen LogP contribution in [0, 0.1) is 0 Å². The number of nitrogens with one attached hydrogen (secondary N) is 1. The molecule has 0 aliphatic rings. The number of carbonyl (C=O) groups excluding carboxylic acids is 1. The molecule has 0 aliphatic carbocycles. The summed E-state index contributed by atoms with van der Waals surface area (Å²) in [5.41, 5.74) is 1.78. The molecular weight excluding hydrogens is 314 g/mol. The van der Waals surface area contributed by atoms with Crippen molar-refractivity contribution >= 4 is 27.1 Å². The van der Waals surface area contributed by atoms with E-state index < -0.39 is 9.84 Å². The van der Waals surface area contributed by atoms with Crippen LogP contribution in [0.2, 0.25) is 0 Å². The lowest BCUT2D eigenvalue weighted by Gasteiger charge is -2.07. The van der Waals surface area contributed by atoms with E-state index in [-0.39, 0.29) is 16.6 Å². The smallest absolute Gasteiger partial charge is 0.257 e. The van der Waals surface area contributed by atoms with E-state index in [1.54, 1.807) is 54.2 Å². The highest BCUT2D eigenvalue weighted by molar-refractivity contribution is 7.91. The van der Waals surface area contributed by atoms with Crippen molar-refractivity contribution in [2.24, 2.45) is 0 Å². The van der Waals surface area contributed by atoms with Crippen molar-refractivity contribution in [3.63, 3.8) is 0 Å². The average Bonchev–Trinajstić information content (AvgIpc) is 3.03. The van der Waals surface area contributed by atoms with Gasteiger partial charge in [0.2, 0.25) is 0 Å². The van der Waals surface area contributed by atoms with E-state index in [2.05, 4.69) is 10.3 Å². The maximum atomic E-state index is 12.3. The SMILES string of the molecule is CCS(=O)(=O)c1ccc(NC(=O)c2ccc3nccn3c2)cc1. The molecule has 1 amide bonds. The van der Waals surface area contributed by atoms with Gasteiger partial charge in [-0.25, -0.2) is 13.4 Å². The van der Waals surface area contributed by atoms with Crippen LogP contribution >= 0.6 is 0 Å². The number of aromatic nitrogens is 2. The predicted octanol–water partition coefficient (Wildman–Crippen LogP) is 2.38. The maximum absolute atomic E-state index is 12.3. The number of benzene rings is 1. The summed E-state index contributed by atoms with van der Waals surface area (Å²) in [7, 11) is -3.24. The van der Waals surface area contributed by atoms with E-state index in [0.29, 0.717) is 11.3 Å². The minimum absolute atomic E-state index is 0.0453. The highest BCUT2D eigenvalue weighted by atomic mass is 32.2. The molecule has 0 atom stereocenters. The van der Waals surface area contributed by atoms with Crippen LogP contribution in [0.3, 0.4) is 0 Å². The van der Waals surface area contributed by atoms with E-state index in [9.17, 15) is 13.2 Å². The van der Waals surface area contributed by atoms with Crippen LogP contribution in [0.1, 0.15) is 17.3 Å². The highest BCUT2D eigenvalue weighted by Gasteiger charge is 2.12. The summed E-state index contributed by atoms with van der Waals surface area (Å²) in [5, 5.41) is 2.74. The molecule has 6 nitrogen and oxygen atoms in total. The topological polar surface area (TPSA) is 80.5 Å². The second kappa shape index (κ2) is 5.85. The zero-order chi connectivity index (χ0) is 16.4. The summed E-state index contributed by atoms with van der Waals surface area (Å²) in [6.45, 7) is 1.59. The summed E-state index contributed by atoms with van der Waals surface area (Å²) in [4.78, 5) is 16.6. The Bertz CT molecular complexity index is 960. The second-order valence-corrected chi connectivity index (χ2v) is 7.27. The van der Waals surface area contributed by atoms with Gasteiger partial charge in [0.05, 0.1) is 16.2 Å². The summed E-state index contributed by atoms with van der Waals surface area (Å²) < 4.78 is 25.3. The van der Waals surface area contributed by atoms with Gasteiger partial charge in [-0.3, -0.25) is 4.79 Å². The first-order valence-electron chi connectivity index (χ1n) is 7.06. The fourth-order valence-electron chi connectivity index (χ4n) is 2.17. The first-order chi connectivity index (χ1) is 11.0. The van der Waals surface area contributed by atoms with Gasteiger partial charge >= 0.3 is 0 Å². The largest absolute Gasteiger partial charge is 0.322 e. The Balaban J connectivity index is 1.79. The van der Waals surface area contributed by atoms with Crippen molar-refractivity contribution in [2.45, 2.75) is 11.8 Å². The van der Waals surface area contributed by atoms with E-state index in [4.69, 9.17) is 0 Å². The van der Waals surface area contributed by atoms with Crippen LogP contribution in [0.25, 0.3) is 5.65 Å². The van der Waals surface area contributed by atoms with Gasteiger partial charge in [0.1, 0.15) is 5.65 Å². The number of imidazole rings is 1. The van der Waals surface area contributed by atoms with Gasteiger partial charge in [-0.15, -0.1) is 0 Å². The summed E-state index contributed by atoms with van der Waals surface area (Å²) in [6, 6.07) is 9.59. The molecule has 0 saturated carbocycles. The minimum atomic E-state index is -3.24. The van der Waals surface area contributed by atoms with Crippen molar-refractivity contribution < 1.29 is 13.2 Å². The number of carbonyl (C=O) groups is 1. The van der Waals surface area contributed by atoms with Gasteiger partial charge in [-0.2, -0.15) is 0 Å². The van der Waals surface area contributed by atoms with Crippen molar-refractivity contribution in [3.05, 3.63) is 60.6 Å². The van der Waals surface area contributed by atoms with Crippen LogP contribution < -0.4 is 5.32 Å². The molecule has 1 N–H and O–H groups in total. The first-order valence-corrected chi connectivity index (χ1v) is 8.72. The van der Waals surface area contributed by atoms with Crippen LogP contribution in [-0.4, -0.2) is 29.5 Å². The fourth-order valence-corrected chi connectivity index (χ4v) is 3.05. The van der Waals surface area contributed by atoms with Gasteiger partial charge in [0.15, 0.2) is 9.84 Å². The molecular formula is C16H15N3O3S. The molecule has 7 heteroatoms. The normalized spacial score (nSPS) is 11.5. The van der Waals surface area contributed by atoms with Crippen LogP contribution in [-0.2, 0) is 9.84 Å². The maximum Gasteiger partial charge on any atom is 0.257 e. The number of hydrogen-bond acceptors (Lipinski definition) is 4. The average molecular weight is 329 g/mol. The Morgan fingerprint density at radius 3 is 2.61 bits per heavy atom. The molecule has 1 aromatic carbocycles. The third kappa shape index (κ3) is 3.09. The van der Waals surface area contributed by atoms with Gasteiger partial charge in [0.25, 0.3) is 5.91 Å². The quantitative estimate of drug-likeness (QED) is 0.797. The summed E-state index contributed by atoms with van der Waals surface area (Å²) in [5.74, 6) is -0.226. The van der Waals surface area contributed by atoms with E-state index in [0.717, 1.165) is 5.65 Å². The molecule has 3 rings (SSSR count). The van der Waals surface area contributed by atoms with Crippen LogP contribution in [0.4, 0.5) is 5.69 Å². The van der Waals surface area contributed by atoms with Gasteiger partial charge in [-0.05, 0) is 36.4 Å². The third-order valence-corrected chi connectivity index (χ3v) is 5.25. The molecule has 0 aliphatic heterocycles. The van der Waals surface area contributed by atoms with E-state index >= 15 is 0 Å². The molecule has 0 fully saturated rings. The first kappa shape index (κ1) is 15.2. The molecule has 0 spiro atoms.